The first-order valence-corrected chi connectivity index (χ1v) is 15.9. The molecule has 1 radical (unpaired) electrons. The quantitative estimate of drug-likeness (QED) is 0.229. The predicted molar refractivity (Wildman–Crippen MR) is 129 cm³/mol. The highest BCUT2D eigenvalue weighted by Crippen LogP contribution is 2.13. The number of unbranched alkanes of at least 4 members (excludes halogenated alkanes) is 5. The SMILES string of the molecule is CCCCCCCCOc1ccc([I+](OS(=O)(=O)c2ccc(C)cc2)c2ccccc2)cc1. The van der Waals surface area contributed by atoms with Crippen molar-refractivity contribution in [3.05, 3.63) is 91.6 Å². The summed E-state index contributed by atoms with van der Waals surface area (Å²) >= 11 is -2.69. The van der Waals surface area contributed by atoms with Gasteiger partial charge in [-0.25, -0.2) is 0 Å². The number of halogens is 1. The number of rotatable bonds is 13. The van der Waals surface area contributed by atoms with Gasteiger partial charge < -0.3 is 4.74 Å². The van der Waals surface area contributed by atoms with Crippen LogP contribution in [0.3, 0.4) is 0 Å². The van der Waals surface area contributed by atoms with Crippen molar-refractivity contribution in [2.75, 3.05) is 6.61 Å². The van der Waals surface area contributed by atoms with E-state index in [2.05, 4.69) is 6.92 Å². The Hall–Kier alpha value is -1.90. The van der Waals surface area contributed by atoms with Crippen molar-refractivity contribution < 1.29 is 35.9 Å². The molecule has 0 spiro atoms. The molecule has 0 unspecified atom stereocenters. The Balaban J connectivity index is 1.69. The van der Waals surface area contributed by atoms with Crippen molar-refractivity contribution in [3.8, 4) is 5.75 Å². The standard InChI is InChI=1S/C27H33IO4S/c1-3-4-5-6-7-11-22-31-26-18-16-25(17-19-26)28(24-12-9-8-10-13-24)32-33(29,30)27-20-14-23(2)15-21-27/h8-10,12-21H,3-7,11,22H2,1-2H3/q+1. The summed E-state index contributed by atoms with van der Waals surface area (Å²) < 4.78 is 39.7. The second-order valence-corrected chi connectivity index (χ2v) is 14.4. The highest BCUT2D eigenvalue weighted by atomic mass is 127. The monoisotopic (exact) mass is 580 g/mol. The number of aryl methyl sites for hydroxylation is 1. The molecule has 4 nitrogen and oxygen atoms in total. The average molecular weight is 581 g/mol. The number of ether oxygens (including phenoxy) is 1. The maximum Gasteiger partial charge on any atom is 0.336 e. The molecule has 0 aliphatic heterocycles. The minimum Gasteiger partial charge on any atom is -0.494 e. The molecule has 0 aliphatic carbocycles. The third kappa shape index (κ3) is 8.12. The molecule has 0 N–H and O–H groups in total. The van der Waals surface area contributed by atoms with Gasteiger partial charge in [-0.05, 0) is 64.4 Å². The number of benzene rings is 3. The lowest BCUT2D eigenvalue weighted by Gasteiger charge is -2.08. The van der Waals surface area contributed by atoms with E-state index in [0.29, 0.717) is 6.61 Å². The van der Waals surface area contributed by atoms with Gasteiger partial charge >= 0.3 is 30.4 Å². The van der Waals surface area contributed by atoms with Crippen molar-refractivity contribution in [2.24, 2.45) is 0 Å². The van der Waals surface area contributed by atoms with Crippen molar-refractivity contribution in [3.63, 3.8) is 0 Å². The van der Waals surface area contributed by atoms with E-state index in [-0.39, 0.29) is 4.90 Å². The van der Waals surface area contributed by atoms with E-state index < -0.39 is 30.4 Å². The van der Waals surface area contributed by atoms with Crippen LogP contribution in [0.2, 0.25) is 0 Å². The summed E-state index contributed by atoms with van der Waals surface area (Å²) in [5.41, 5.74) is 1.00. The molecule has 0 bridgehead atoms. The lowest BCUT2D eigenvalue weighted by molar-refractivity contribution is -1.03. The fourth-order valence-electron chi connectivity index (χ4n) is 3.27. The van der Waals surface area contributed by atoms with Crippen molar-refractivity contribution in [1.29, 1.82) is 0 Å². The molecule has 0 fully saturated rings. The van der Waals surface area contributed by atoms with E-state index in [1.165, 1.54) is 32.1 Å². The first-order valence-electron chi connectivity index (χ1n) is 11.5. The van der Waals surface area contributed by atoms with Gasteiger partial charge in [-0.3, -0.25) is 0 Å². The second kappa shape index (κ2) is 13.1. The molecule has 6 heteroatoms. The van der Waals surface area contributed by atoms with E-state index >= 15 is 0 Å². The predicted octanol–water partition coefficient (Wildman–Crippen LogP) is 3.72. The topological polar surface area (TPSA) is 52.6 Å². The lowest BCUT2D eigenvalue weighted by atomic mass is 10.1. The van der Waals surface area contributed by atoms with Crippen LogP contribution in [0.15, 0.2) is 83.8 Å². The minimum atomic E-state index is -3.87. The zero-order chi connectivity index (χ0) is 23.5. The summed E-state index contributed by atoms with van der Waals surface area (Å²) in [6, 6.07) is 24.1. The molecule has 3 rings (SSSR count). The summed E-state index contributed by atoms with van der Waals surface area (Å²) in [4.78, 5) is 0.185. The van der Waals surface area contributed by atoms with Crippen LogP contribution in [0.25, 0.3) is 0 Å². The van der Waals surface area contributed by atoms with Crippen LogP contribution in [-0.4, -0.2) is 15.0 Å². The van der Waals surface area contributed by atoms with E-state index in [0.717, 1.165) is 24.9 Å². The molecule has 3 aromatic carbocycles. The molecule has 33 heavy (non-hydrogen) atoms. The molecule has 0 amide bonds. The summed E-state index contributed by atoms with van der Waals surface area (Å²) in [5, 5.41) is 0. The van der Waals surface area contributed by atoms with Crippen LogP contribution in [0.4, 0.5) is 0 Å². The van der Waals surface area contributed by atoms with Crippen molar-refractivity contribution >= 4 is 10.1 Å². The zero-order valence-electron chi connectivity index (χ0n) is 19.4. The molecule has 177 valence electrons. The summed E-state index contributed by atoms with van der Waals surface area (Å²) in [7, 11) is -3.87. The molecule has 3 aromatic rings. The van der Waals surface area contributed by atoms with Gasteiger partial charge in [0, 0.05) is 0 Å². The lowest BCUT2D eigenvalue weighted by Crippen LogP contribution is -3.85. The van der Waals surface area contributed by atoms with Gasteiger partial charge in [0.05, 0.1) is 11.5 Å². The van der Waals surface area contributed by atoms with Crippen LogP contribution in [0.5, 0.6) is 5.75 Å². The molecule has 0 heterocycles. The molecule has 0 atom stereocenters. The minimum absolute atomic E-state index is 0.185. The van der Waals surface area contributed by atoms with Gasteiger partial charge in [0.15, 0.2) is 7.14 Å². The van der Waals surface area contributed by atoms with E-state index in [9.17, 15) is 8.42 Å². The maximum absolute atomic E-state index is 13.0. The van der Waals surface area contributed by atoms with Gasteiger partial charge in [0.2, 0.25) is 0 Å². The number of hydrogen-bond donors (Lipinski definition) is 0. The van der Waals surface area contributed by atoms with Gasteiger partial charge in [0.1, 0.15) is 5.75 Å². The smallest absolute Gasteiger partial charge is 0.336 e. The van der Waals surface area contributed by atoms with Crippen LogP contribution in [-0.2, 0) is 12.6 Å². The van der Waals surface area contributed by atoms with Crippen molar-refractivity contribution in [2.45, 2.75) is 57.3 Å². The van der Waals surface area contributed by atoms with Crippen LogP contribution >= 0.6 is 0 Å². The fraction of sp³-hybridized carbons (Fsp3) is 0.333. The first-order chi connectivity index (χ1) is 16.0. The van der Waals surface area contributed by atoms with E-state index in [1.807, 2.05) is 61.5 Å². The van der Waals surface area contributed by atoms with E-state index in [4.69, 9.17) is 7.25 Å². The largest absolute Gasteiger partial charge is 0.494 e. The average Bonchev–Trinajstić information content (AvgIpc) is 2.83. The Kier molecular flexibility index (Phi) is 10.2. The van der Waals surface area contributed by atoms with Crippen LogP contribution in [0, 0.1) is 14.1 Å². The number of hydrogen-bond acceptors (Lipinski definition) is 4. The third-order valence-electron chi connectivity index (χ3n) is 5.17. The van der Waals surface area contributed by atoms with E-state index in [1.54, 1.807) is 24.3 Å². The molecule has 0 aromatic heterocycles. The van der Waals surface area contributed by atoms with Crippen LogP contribution in [0.1, 0.15) is 51.0 Å². The van der Waals surface area contributed by atoms with Gasteiger partial charge in [0.25, 0.3) is 0 Å². The summed E-state index contributed by atoms with van der Waals surface area (Å²) in [6.45, 7) is 4.85. The maximum atomic E-state index is 13.0. The molecule has 0 saturated heterocycles. The fourth-order valence-corrected chi connectivity index (χ4v) is 10.2. The van der Waals surface area contributed by atoms with Crippen LogP contribution < -0.4 is 25.0 Å². The summed E-state index contributed by atoms with van der Waals surface area (Å²) in [6.07, 6.45) is 7.35. The second-order valence-electron chi connectivity index (χ2n) is 7.94. The highest BCUT2D eigenvalue weighted by Gasteiger charge is 2.37. The normalized spacial score (nSPS) is 11.6. The van der Waals surface area contributed by atoms with Gasteiger partial charge in [-0.15, -0.1) is 0 Å². The Morgan fingerprint density at radius 2 is 1.33 bits per heavy atom. The molecule has 0 aliphatic rings. The Labute approximate surface area is 206 Å². The third-order valence-corrected chi connectivity index (χ3v) is 12.5. The Bertz CT molecular complexity index is 1070. The highest BCUT2D eigenvalue weighted by molar-refractivity contribution is 7.86. The summed E-state index contributed by atoms with van der Waals surface area (Å²) in [5.74, 6) is 0.803. The van der Waals surface area contributed by atoms with Gasteiger partial charge in [-0.1, -0.05) is 74.9 Å². The Morgan fingerprint density at radius 1 is 0.727 bits per heavy atom. The zero-order valence-corrected chi connectivity index (χ0v) is 22.3. The molecular weight excluding hydrogens is 547 g/mol. The molecular formula is C27H33IO4S+. The van der Waals surface area contributed by atoms with Crippen molar-refractivity contribution in [1.82, 2.24) is 0 Å². The van der Waals surface area contributed by atoms with Gasteiger partial charge in [-0.2, -0.15) is 8.42 Å². The first kappa shape index (κ1) is 25.7. The molecule has 0 saturated carbocycles. The Morgan fingerprint density at radius 3 is 2.00 bits per heavy atom.